The molecular formula is C52H64Cl2N12O8S. The lowest BCUT2D eigenvalue weighted by Gasteiger charge is -2.36. The van der Waals surface area contributed by atoms with Gasteiger partial charge in [0.05, 0.1) is 54.7 Å². The molecule has 75 heavy (non-hydrogen) atoms. The summed E-state index contributed by atoms with van der Waals surface area (Å²) in [5.74, 6) is -0.211. The minimum Gasteiger partial charge on any atom is -0.495 e. The molecule has 6 amide bonds. The van der Waals surface area contributed by atoms with Crippen LogP contribution < -0.4 is 45.9 Å². The molecule has 23 heteroatoms. The topological polar surface area (TPSA) is 236 Å². The number of aliphatic hydroxyl groups excluding tert-OH is 1. The van der Waals surface area contributed by atoms with Crippen molar-refractivity contribution in [3.63, 3.8) is 0 Å². The molecule has 0 spiro atoms. The van der Waals surface area contributed by atoms with Gasteiger partial charge in [0.1, 0.15) is 51.6 Å². The molecule has 5 aromatic rings. The molecule has 4 heterocycles. The highest BCUT2D eigenvalue weighted by atomic mass is 35.5. The number of piperazine rings is 1. The Morgan fingerprint density at radius 2 is 1.56 bits per heavy atom. The third kappa shape index (κ3) is 13.9. The molecule has 0 bridgehead atoms. The highest BCUT2D eigenvalue weighted by molar-refractivity contribution is 7.13. The molecule has 7 rings (SSSR count). The molecular weight excluding hydrogens is 1020 g/mol. The maximum atomic E-state index is 14.2. The number of amides is 6. The van der Waals surface area contributed by atoms with Crippen LogP contribution in [0.4, 0.5) is 33.5 Å². The van der Waals surface area contributed by atoms with Crippen molar-refractivity contribution in [2.24, 2.45) is 5.41 Å². The second-order valence-electron chi connectivity index (χ2n) is 19.5. The molecule has 4 atom stereocenters. The van der Waals surface area contributed by atoms with E-state index in [1.807, 2.05) is 88.7 Å². The predicted molar refractivity (Wildman–Crippen MR) is 291 cm³/mol. The van der Waals surface area contributed by atoms with Gasteiger partial charge in [-0.25, -0.2) is 19.7 Å². The summed E-state index contributed by atoms with van der Waals surface area (Å²) in [6, 6.07) is 16.0. The first kappa shape index (κ1) is 56.0. The maximum absolute atomic E-state index is 14.2. The molecule has 2 fully saturated rings. The van der Waals surface area contributed by atoms with Crippen molar-refractivity contribution < 1.29 is 38.6 Å². The quantitative estimate of drug-likeness (QED) is 0.0540. The van der Waals surface area contributed by atoms with Crippen LogP contribution in [0, 0.1) is 12.3 Å². The van der Waals surface area contributed by atoms with E-state index in [4.69, 9.17) is 32.7 Å². The van der Waals surface area contributed by atoms with Gasteiger partial charge < -0.3 is 51.0 Å². The number of benzene rings is 3. The molecule has 3 aromatic carbocycles. The SMILES string of the molecule is COc1cc(OC)c(Cl)c(NC(=O)N(C)c2cc(Nc3ccc(N4CCN(CC(=O)NCCC(=O)N[C@H](C(=O)N5C[C@H](O)C[C@H]5C(=O)N[C@@H](C)c5ccc(-c6scnc6C)cc5)C(C)(C)C)CC4)cc3)ncn2)c1Cl. The van der Waals surface area contributed by atoms with E-state index in [-0.39, 0.29) is 77.6 Å². The number of hydrogen-bond acceptors (Lipinski definition) is 15. The number of methoxy groups -OCH3 is 2. The zero-order chi connectivity index (χ0) is 54.1. The van der Waals surface area contributed by atoms with Crippen LogP contribution in [0.5, 0.6) is 11.5 Å². The lowest BCUT2D eigenvalue weighted by Crippen LogP contribution is -2.58. The van der Waals surface area contributed by atoms with Crippen molar-refractivity contribution in [1.82, 2.24) is 40.7 Å². The van der Waals surface area contributed by atoms with Crippen LogP contribution in [0.1, 0.15) is 57.8 Å². The van der Waals surface area contributed by atoms with Gasteiger partial charge in [0.15, 0.2) is 0 Å². The fourth-order valence-electron chi connectivity index (χ4n) is 8.78. The van der Waals surface area contributed by atoms with Gasteiger partial charge in [0.25, 0.3) is 0 Å². The Hall–Kier alpha value is -6.78. The number of ether oxygens (including phenoxy) is 2. The predicted octanol–water partition coefficient (Wildman–Crippen LogP) is 6.64. The second kappa shape index (κ2) is 24.7. The Balaban J connectivity index is 0.834. The Morgan fingerprint density at radius 1 is 0.893 bits per heavy atom. The average Bonchev–Trinajstić information content (AvgIpc) is 4.02. The first-order valence-electron chi connectivity index (χ1n) is 24.4. The number of hydrogen-bond donors (Lipinski definition) is 6. The van der Waals surface area contributed by atoms with E-state index in [0.29, 0.717) is 37.8 Å². The number of urea groups is 1. The van der Waals surface area contributed by atoms with E-state index >= 15 is 0 Å². The summed E-state index contributed by atoms with van der Waals surface area (Å²) in [5.41, 5.74) is 5.83. The van der Waals surface area contributed by atoms with Gasteiger partial charge in [-0.15, -0.1) is 11.3 Å². The summed E-state index contributed by atoms with van der Waals surface area (Å²) in [7, 11) is 4.41. The minimum absolute atomic E-state index is 0.0424. The van der Waals surface area contributed by atoms with E-state index in [0.717, 1.165) is 33.1 Å². The summed E-state index contributed by atoms with van der Waals surface area (Å²) in [5, 5.41) is 25.6. The van der Waals surface area contributed by atoms with E-state index < -0.39 is 41.4 Å². The van der Waals surface area contributed by atoms with Crippen molar-refractivity contribution >= 4 is 92.9 Å². The van der Waals surface area contributed by atoms with Gasteiger partial charge in [-0.2, -0.15) is 0 Å². The third-order valence-corrected chi connectivity index (χ3v) is 14.8. The summed E-state index contributed by atoms with van der Waals surface area (Å²) in [6.45, 7) is 12.1. The maximum Gasteiger partial charge on any atom is 0.327 e. The lowest BCUT2D eigenvalue weighted by molar-refractivity contribution is -0.144. The van der Waals surface area contributed by atoms with E-state index in [9.17, 15) is 29.1 Å². The summed E-state index contributed by atoms with van der Waals surface area (Å²) in [6.07, 6.45) is 0.445. The van der Waals surface area contributed by atoms with Crippen molar-refractivity contribution in [3.05, 3.63) is 93.8 Å². The van der Waals surface area contributed by atoms with Crippen molar-refractivity contribution in [1.29, 1.82) is 0 Å². The fourth-order valence-corrected chi connectivity index (χ4v) is 10.2. The normalized spacial score (nSPS) is 16.6. The Labute approximate surface area is 450 Å². The number of thiazole rings is 1. The van der Waals surface area contributed by atoms with E-state index in [1.165, 1.54) is 43.5 Å². The highest BCUT2D eigenvalue weighted by Gasteiger charge is 2.45. The fraction of sp³-hybridized carbons (Fsp3) is 0.423. The number of β-amino-alcohol motifs (C(OH)–C–C–N with tert-alkyl or cyclic N) is 1. The zero-order valence-electron chi connectivity index (χ0n) is 43.2. The van der Waals surface area contributed by atoms with Gasteiger partial charge in [-0.05, 0) is 54.7 Å². The molecule has 400 valence electrons. The number of aromatic nitrogens is 3. The monoisotopic (exact) mass is 1090 g/mol. The molecule has 2 saturated heterocycles. The van der Waals surface area contributed by atoms with Gasteiger partial charge in [0.2, 0.25) is 23.6 Å². The zero-order valence-corrected chi connectivity index (χ0v) is 45.5. The van der Waals surface area contributed by atoms with Crippen LogP contribution in [0.2, 0.25) is 10.0 Å². The van der Waals surface area contributed by atoms with Crippen LogP contribution in [0.3, 0.4) is 0 Å². The van der Waals surface area contributed by atoms with Crippen LogP contribution in [0.25, 0.3) is 10.4 Å². The summed E-state index contributed by atoms with van der Waals surface area (Å²) < 4.78 is 10.6. The smallest absolute Gasteiger partial charge is 0.327 e. The number of nitrogens with zero attached hydrogens (tertiary/aromatic N) is 7. The Kier molecular flexibility index (Phi) is 18.4. The van der Waals surface area contributed by atoms with Gasteiger partial charge in [0, 0.05) is 82.7 Å². The number of rotatable bonds is 18. The number of likely N-dealkylation sites (tertiary alicyclic amines) is 1. The van der Waals surface area contributed by atoms with Gasteiger partial charge in [-0.1, -0.05) is 68.2 Å². The molecule has 6 N–H and O–H groups in total. The van der Waals surface area contributed by atoms with Gasteiger partial charge >= 0.3 is 6.03 Å². The second-order valence-corrected chi connectivity index (χ2v) is 21.1. The molecule has 0 saturated carbocycles. The highest BCUT2D eigenvalue weighted by Crippen LogP contribution is 2.44. The van der Waals surface area contributed by atoms with Gasteiger partial charge in [-0.3, -0.25) is 29.0 Å². The van der Waals surface area contributed by atoms with Crippen molar-refractivity contribution in [2.75, 3.05) is 87.5 Å². The Morgan fingerprint density at radius 3 is 2.17 bits per heavy atom. The molecule has 0 aliphatic carbocycles. The number of anilines is 5. The molecule has 2 aliphatic rings. The number of aryl methyl sites for hydroxylation is 1. The first-order chi connectivity index (χ1) is 35.7. The number of carbonyl (C=O) groups excluding carboxylic acids is 5. The molecule has 0 radical (unpaired) electrons. The van der Waals surface area contributed by atoms with E-state index in [1.54, 1.807) is 17.4 Å². The molecule has 2 aliphatic heterocycles. The van der Waals surface area contributed by atoms with Crippen LogP contribution in [0.15, 0.2) is 72.5 Å². The van der Waals surface area contributed by atoms with Crippen LogP contribution in [-0.4, -0.2) is 145 Å². The van der Waals surface area contributed by atoms with E-state index in [2.05, 4.69) is 51.3 Å². The molecule has 0 unspecified atom stereocenters. The summed E-state index contributed by atoms with van der Waals surface area (Å²) >= 11 is 14.5. The largest absolute Gasteiger partial charge is 0.495 e. The Bertz CT molecular complexity index is 2810. The average molecular weight is 1090 g/mol. The standard InChI is InChI=1S/C52H64Cl2N12O8S/c1-30(32-9-11-33(12-10-32)47-31(2)58-29-75-47)59-49(70)37-23-36(67)26-66(37)50(71)48(52(3,4)5)61-42(68)17-18-55-43(69)27-64-19-21-65(22-20-64)35-15-13-34(14-16-35)60-40-25-41(57-28-56-40)63(6)51(72)62-46-44(53)38(73-7)24-39(74-8)45(46)54/h9-16,24-25,28-30,36-37,48,67H,17-23,26-27H2,1-8H3,(H,55,69)(H,59,70)(H,61,68)(H,62,72)(H,56,57,60)/t30-,36+,37-,48+/m0/s1. The summed E-state index contributed by atoms with van der Waals surface area (Å²) in [4.78, 5) is 88.4. The number of nitrogens with one attached hydrogen (secondary N) is 5. The number of aliphatic hydroxyl groups is 1. The third-order valence-electron chi connectivity index (χ3n) is 13.1. The van der Waals surface area contributed by atoms with Crippen molar-refractivity contribution in [2.45, 2.75) is 71.7 Å². The number of halogens is 2. The first-order valence-corrected chi connectivity index (χ1v) is 26.0. The van der Waals surface area contributed by atoms with Crippen molar-refractivity contribution in [3.8, 4) is 21.9 Å². The lowest BCUT2D eigenvalue weighted by atomic mass is 9.85. The molecule has 20 nitrogen and oxygen atoms in total. The number of carbonyl (C=O) groups is 5. The minimum atomic E-state index is -0.995. The van der Waals surface area contributed by atoms with Crippen LogP contribution >= 0.6 is 34.5 Å². The van der Waals surface area contributed by atoms with Crippen LogP contribution in [-0.2, 0) is 19.2 Å². The molecule has 2 aromatic heterocycles.